The number of benzene rings is 1. The molecular weight excluding hydrogens is 315 g/mol. The lowest BCUT2D eigenvalue weighted by molar-refractivity contribution is -0.139. The normalized spacial score (nSPS) is 17.9. The van der Waals surface area contributed by atoms with Gasteiger partial charge in [0.15, 0.2) is 0 Å². The summed E-state index contributed by atoms with van der Waals surface area (Å²) in [6.07, 6.45) is -2.95. The van der Waals surface area contributed by atoms with Crippen LogP contribution in [-0.2, 0) is 15.7 Å². The van der Waals surface area contributed by atoms with Crippen LogP contribution in [0.2, 0.25) is 0 Å². The summed E-state index contributed by atoms with van der Waals surface area (Å²) in [5, 5.41) is 2.57. The summed E-state index contributed by atoms with van der Waals surface area (Å²) >= 11 is 0.988. The van der Waals surface area contributed by atoms with E-state index in [0.717, 1.165) is 30.7 Å². The van der Waals surface area contributed by atoms with Crippen LogP contribution in [0.5, 0.6) is 0 Å². The third-order valence-electron chi connectivity index (χ3n) is 3.72. The van der Waals surface area contributed by atoms with Gasteiger partial charge in [0.05, 0.1) is 5.56 Å². The Balaban J connectivity index is 2.25. The zero-order valence-corrected chi connectivity index (χ0v) is 13.4. The highest BCUT2D eigenvalue weighted by Crippen LogP contribution is 2.46. The summed E-state index contributed by atoms with van der Waals surface area (Å²) in [5.74, 6) is -0.230. The summed E-state index contributed by atoms with van der Waals surface area (Å²) in [6.45, 7) is 3.48. The molecule has 1 atom stereocenters. The van der Waals surface area contributed by atoms with Crippen LogP contribution in [0.1, 0.15) is 32.3 Å². The molecule has 1 aliphatic rings. The number of amides is 1. The molecule has 22 heavy (non-hydrogen) atoms. The van der Waals surface area contributed by atoms with Gasteiger partial charge in [-0.1, -0.05) is 18.7 Å². The monoisotopic (exact) mass is 333 g/mol. The molecule has 0 bridgehead atoms. The number of thioether (sulfide) groups is 1. The van der Waals surface area contributed by atoms with E-state index in [1.165, 1.54) is 19.2 Å². The number of rotatable bonds is 5. The van der Waals surface area contributed by atoms with Gasteiger partial charge in [-0.3, -0.25) is 4.79 Å². The SMILES string of the molecule is COC(C)Sc1ccc(NC(=O)C2(C)CC2)cc1C(F)(F)F. The Morgan fingerprint density at radius 1 is 1.41 bits per heavy atom. The maximum Gasteiger partial charge on any atom is 0.417 e. The Hall–Kier alpha value is -1.21. The van der Waals surface area contributed by atoms with Crippen molar-refractivity contribution in [1.82, 2.24) is 0 Å². The van der Waals surface area contributed by atoms with Crippen molar-refractivity contribution in [2.24, 2.45) is 5.41 Å². The summed E-state index contributed by atoms with van der Waals surface area (Å²) in [4.78, 5) is 12.0. The van der Waals surface area contributed by atoms with E-state index in [0.29, 0.717) is 0 Å². The number of carbonyl (C=O) groups excluding carboxylic acids is 1. The van der Waals surface area contributed by atoms with Crippen molar-refractivity contribution in [3.05, 3.63) is 23.8 Å². The van der Waals surface area contributed by atoms with Gasteiger partial charge in [0.25, 0.3) is 0 Å². The van der Waals surface area contributed by atoms with E-state index in [9.17, 15) is 18.0 Å². The lowest BCUT2D eigenvalue weighted by Crippen LogP contribution is -2.21. The predicted molar refractivity (Wildman–Crippen MR) is 79.7 cm³/mol. The van der Waals surface area contributed by atoms with Gasteiger partial charge in [0.1, 0.15) is 5.44 Å². The van der Waals surface area contributed by atoms with Gasteiger partial charge in [0, 0.05) is 23.1 Å². The van der Waals surface area contributed by atoms with Crippen molar-refractivity contribution in [3.8, 4) is 0 Å². The predicted octanol–water partition coefficient (Wildman–Crippen LogP) is 4.53. The van der Waals surface area contributed by atoms with Gasteiger partial charge in [0.2, 0.25) is 5.91 Å². The first-order valence-corrected chi connectivity index (χ1v) is 7.76. The Morgan fingerprint density at radius 3 is 2.55 bits per heavy atom. The topological polar surface area (TPSA) is 38.3 Å². The minimum atomic E-state index is -4.49. The van der Waals surface area contributed by atoms with Crippen LogP contribution in [-0.4, -0.2) is 18.5 Å². The molecule has 3 nitrogen and oxygen atoms in total. The van der Waals surface area contributed by atoms with E-state index in [-0.39, 0.29) is 16.5 Å². The average Bonchev–Trinajstić information content (AvgIpc) is 3.18. The second-order valence-corrected chi connectivity index (χ2v) is 6.98. The van der Waals surface area contributed by atoms with Crippen LogP contribution in [0.4, 0.5) is 18.9 Å². The largest absolute Gasteiger partial charge is 0.417 e. The van der Waals surface area contributed by atoms with Crippen molar-refractivity contribution in [2.45, 2.75) is 43.2 Å². The number of hydrogen-bond donors (Lipinski definition) is 1. The minimum absolute atomic E-state index is 0.0810. The molecule has 7 heteroatoms. The van der Waals surface area contributed by atoms with Crippen LogP contribution in [0.15, 0.2) is 23.1 Å². The van der Waals surface area contributed by atoms with E-state index >= 15 is 0 Å². The van der Waals surface area contributed by atoms with E-state index in [1.54, 1.807) is 13.8 Å². The number of alkyl halides is 3. The molecule has 0 saturated heterocycles. The lowest BCUT2D eigenvalue weighted by Gasteiger charge is -2.17. The molecule has 1 saturated carbocycles. The van der Waals surface area contributed by atoms with Gasteiger partial charge in [-0.25, -0.2) is 0 Å². The van der Waals surface area contributed by atoms with Crippen molar-refractivity contribution in [3.63, 3.8) is 0 Å². The molecule has 1 aromatic rings. The molecule has 1 N–H and O–H groups in total. The molecule has 1 fully saturated rings. The zero-order valence-electron chi connectivity index (χ0n) is 12.6. The van der Waals surface area contributed by atoms with Crippen LogP contribution in [0.3, 0.4) is 0 Å². The Bertz CT molecular complexity index is 570. The molecule has 0 heterocycles. The first-order valence-electron chi connectivity index (χ1n) is 6.88. The minimum Gasteiger partial charge on any atom is -0.371 e. The molecular formula is C15H18F3NO2S. The summed E-state index contributed by atoms with van der Waals surface area (Å²) in [5.41, 5.74) is -1.43. The number of ether oxygens (including phenoxy) is 1. The Morgan fingerprint density at radius 2 is 2.05 bits per heavy atom. The molecule has 0 aliphatic heterocycles. The number of methoxy groups -OCH3 is 1. The van der Waals surface area contributed by atoms with E-state index < -0.39 is 22.6 Å². The molecule has 0 radical (unpaired) electrons. The van der Waals surface area contributed by atoms with E-state index in [1.807, 2.05) is 0 Å². The van der Waals surface area contributed by atoms with Gasteiger partial charge < -0.3 is 10.1 Å². The second kappa shape index (κ2) is 6.12. The third-order valence-corrected chi connectivity index (χ3v) is 4.85. The average molecular weight is 333 g/mol. The number of halogens is 3. The van der Waals surface area contributed by atoms with Gasteiger partial charge in [-0.05, 0) is 38.0 Å². The summed E-state index contributed by atoms with van der Waals surface area (Å²) < 4.78 is 44.6. The first kappa shape index (κ1) is 17.1. The smallest absolute Gasteiger partial charge is 0.371 e. The zero-order chi connectivity index (χ0) is 16.5. The number of carbonyl (C=O) groups is 1. The third kappa shape index (κ3) is 3.95. The Kier molecular flexibility index (Phi) is 4.77. The molecule has 2 rings (SSSR count). The quantitative estimate of drug-likeness (QED) is 0.635. The standard InChI is InChI=1S/C15H18F3NO2S/c1-9(21-3)22-12-5-4-10(8-11(12)15(16,17)18)19-13(20)14(2)6-7-14/h4-5,8-9H,6-7H2,1-3H3,(H,19,20). The Labute approximate surface area is 131 Å². The summed E-state index contributed by atoms with van der Waals surface area (Å²) in [7, 11) is 1.44. The van der Waals surface area contributed by atoms with Crippen LogP contribution in [0.25, 0.3) is 0 Å². The highest BCUT2D eigenvalue weighted by Gasteiger charge is 2.45. The van der Waals surface area contributed by atoms with E-state index in [4.69, 9.17) is 4.74 Å². The van der Waals surface area contributed by atoms with Crippen molar-refractivity contribution < 1.29 is 22.7 Å². The fraction of sp³-hybridized carbons (Fsp3) is 0.533. The molecule has 122 valence electrons. The van der Waals surface area contributed by atoms with E-state index in [2.05, 4.69) is 5.32 Å². The van der Waals surface area contributed by atoms with Gasteiger partial charge >= 0.3 is 6.18 Å². The van der Waals surface area contributed by atoms with Crippen molar-refractivity contribution in [1.29, 1.82) is 0 Å². The highest BCUT2D eigenvalue weighted by molar-refractivity contribution is 7.99. The maximum absolute atomic E-state index is 13.2. The van der Waals surface area contributed by atoms with Gasteiger partial charge in [-0.2, -0.15) is 13.2 Å². The van der Waals surface area contributed by atoms with Crippen LogP contribution in [0, 0.1) is 5.41 Å². The molecule has 1 aliphatic carbocycles. The molecule has 1 amide bonds. The molecule has 1 aromatic carbocycles. The molecule has 1 unspecified atom stereocenters. The fourth-order valence-corrected chi connectivity index (χ4v) is 2.76. The maximum atomic E-state index is 13.2. The fourth-order valence-electron chi connectivity index (χ4n) is 1.86. The molecule has 0 aromatic heterocycles. The van der Waals surface area contributed by atoms with Crippen molar-refractivity contribution >= 4 is 23.4 Å². The highest BCUT2D eigenvalue weighted by atomic mass is 32.2. The summed E-state index contributed by atoms with van der Waals surface area (Å²) in [6, 6.07) is 3.84. The van der Waals surface area contributed by atoms with Crippen molar-refractivity contribution in [2.75, 3.05) is 12.4 Å². The number of anilines is 1. The first-order chi connectivity index (χ1) is 10.2. The molecule has 0 spiro atoms. The van der Waals surface area contributed by atoms with Crippen LogP contribution < -0.4 is 5.32 Å². The lowest BCUT2D eigenvalue weighted by atomic mass is 10.1. The van der Waals surface area contributed by atoms with Crippen LogP contribution >= 0.6 is 11.8 Å². The van der Waals surface area contributed by atoms with Gasteiger partial charge in [-0.15, -0.1) is 0 Å². The second-order valence-electron chi connectivity index (χ2n) is 5.64. The number of nitrogens with one attached hydrogen (secondary N) is 1. The number of hydrogen-bond acceptors (Lipinski definition) is 3.